The van der Waals surface area contributed by atoms with Crippen LogP contribution in [-0.4, -0.2) is 35.5 Å². The Morgan fingerprint density at radius 2 is 1.51 bits per heavy atom. The van der Waals surface area contributed by atoms with Gasteiger partial charge in [0.1, 0.15) is 5.82 Å². The van der Waals surface area contributed by atoms with Crippen LogP contribution in [0.25, 0.3) is 0 Å². The fourth-order valence-corrected chi connectivity index (χ4v) is 5.50. The van der Waals surface area contributed by atoms with Crippen molar-refractivity contribution in [2.45, 2.75) is 136 Å². The number of nitrogen functional groups attached to an aromatic ring is 1. The molecule has 1 aromatic rings. The molecule has 5 atom stereocenters. The molecular formula is C27H53N3O7P2. The number of phosphoric ester groups is 1. The van der Waals surface area contributed by atoms with Crippen LogP contribution in [0.4, 0.5) is 5.82 Å². The standard InChI is InChI=1S/C27H53N3O7P2/c1-5-7-8-9-10-11-12-13-14-15-16-17-18-19-22-34-27(30-21-20-25(28)29-26(30)31)35-24(6-2)23(3)36-39(32,33-4)37-38/h20-21,23-24,27H,5-19,22,38H2,1-4H3,(H2,28,29,31)/t23?,24?,27-,39?/m0/s1. The van der Waals surface area contributed by atoms with Crippen molar-refractivity contribution in [3.8, 4) is 0 Å². The fourth-order valence-electron chi connectivity index (χ4n) is 4.32. The van der Waals surface area contributed by atoms with Crippen LogP contribution >= 0.6 is 17.3 Å². The molecule has 0 radical (unpaired) electrons. The van der Waals surface area contributed by atoms with Crippen LogP contribution in [0.1, 0.15) is 123 Å². The van der Waals surface area contributed by atoms with E-state index in [1.165, 1.54) is 94.6 Å². The van der Waals surface area contributed by atoms with Crippen LogP contribution in [0.15, 0.2) is 17.1 Å². The molecule has 39 heavy (non-hydrogen) atoms. The van der Waals surface area contributed by atoms with Gasteiger partial charge in [0.2, 0.25) is 6.41 Å². The third-order valence-corrected chi connectivity index (χ3v) is 8.77. The molecule has 0 aliphatic rings. The lowest BCUT2D eigenvalue weighted by molar-refractivity contribution is -0.233. The molecule has 1 aromatic heterocycles. The summed E-state index contributed by atoms with van der Waals surface area (Å²) in [7, 11) is -0.622. The van der Waals surface area contributed by atoms with E-state index < -0.39 is 32.1 Å². The number of rotatable bonds is 25. The highest BCUT2D eigenvalue weighted by atomic mass is 31.2. The van der Waals surface area contributed by atoms with Crippen LogP contribution in [0.2, 0.25) is 0 Å². The lowest BCUT2D eigenvalue weighted by atomic mass is 10.0. The number of hydrogen-bond donors (Lipinski definition) is 1. The second-order valence-electron chi connectivity index (χ2n) is 9.94. The Morgan fingerprint density at radius 1 is 0.974 bits per heavy atom. The quantitative estimate of drug-likeness (QED) is 0.0695. The Bertz CT molecular complexity index is 851. The first-order chi connectivity index (χ1) is 18.8. The zero-order valence-electron chi connectivity index (χ0n) is 24.6. The first-order valence-electron chi connectivity index (χ1n) is 14.6. The Labute approximate surface area is 238 Å². The number of hydrogen-bond acceptors (Lipinski definition) is 9. The van der Waals surface area contributed by atoms with E-state index in [1.807, 2.05) is 16.4 Å². The number of nitrogens with zero attached hydrogens (tertiary/aromatic N) is 2. The van der Waals surface area contributed by atoms with Crippen molar-refractivity contribution in [1.82, 2.24) is 9.55 Å². The van der Waals surface area contributed by atoms with E-state index >= 15 is 0 Å². The minimum atomic E-state index is -3.74. The first kappa shape index (κ1) is 36.2. The molecular weight excluding hydrogens is 540 g/mol. The fraction of sp³-hybridized carbons (Fsp3) is 0.852. The van der Waals surface area contributed by atoms with Crippen LogP contribution < -0.4 is 11.4 Å². The Morgan fingerprint density at radius 3 is 1.97 bits per heavy atom. The number of anilines is 1. The molecule has 0 fully saturated rings. The van der Waals surface area contributed by atoms with Crippen LogP contribution in [-0.2, 0) is 27.4 Å². The maximum atomic E-state index is 12.5. The molecule has 4 unspecified atom stereocenters. The zero-order valence-corrected chi connectivity index (χ0v) is 26.6. The number of nitrogens with two attached hydrogens (primary N) is 1. The highest BCUT2D eigenvalue weighted by Crippen LogP contribution is 2.52. The third-order valence-electron chi connectivity index (χ3n) is 6.70. The summed E-state index contributed by atoms with van der Waals surface area (Å²) in [6.45, 7) is 6.25. The molecule has 10 nitrogen and oxygen atoms in total. The summed E-state index contributed by atoms with van der Waals surface area (Å²) < 4.78 is 40.9. The SMILES string of the molecule is CCCCCCCCCCCCCCCCO[C@@H](OC(CC)C(C)OP(=O)(OC)OP)n1ccc(N)nc1=O. The highest BCUT2D eigenvalue weighted by molar-refractivity contribution is 7.53. The van der Waals surface area contributed by atoms with Crippen molar-refractivity contribution in [2.24, 2.45) is 0 Å². The van der Waals surface area contributed by atoms with Gasteiger partial charge in [0, 0.05) is 22.8 Å². The predicted molar refractivity (Wildman–Crippen MR) is 159 cm³/mol. The molecule has 228 valence electrons. The molecule has 0 amide bonds. The van der Waals surface area contributed by atoms with E-state index in [1.54, 1.807) is 6.92 Å². The van der Waals surface area contributed by atoms with Gasteiger partial charge in [-0.15, -0.1) is 0 Å². The molecule has 2 N–H and O–H groups in total. The molecule has 1 rings (SSSR count). The summed E-state index contributed by atoms with van der Waals surface area (Å²) >= 11 is 0. The predicted octanol–water partition coefficient (Wildman–Crippen LogP) is 7.54. The Hall–Kier alpha value is -0.860. The topological polar surface area (TPSA) is 124 Å². The summed E-state index contributed by atoms with van der Waals surface area (Å²) in [5.74, 6) is 0.115. The normalized spacial score (nSPS) is 15.6. The second-order valence-corrected chi connectivity index (χ2v) is 12.3. The number of ether oxygens (including phenoxy) is 2. The largest absolute Gasteiger partial charge is 0.477 e. The van der Waals surface area contributed by atoms with Gasteiger partial charge >= 0.3 is 13.5 Å². The van der Waals surface area contributed by atoms with Crippen molar-refractivity contribution in [3.05, 3.63) is 22.7 Å². The molecule has 0 aliphatic heterocycles. The van der Waals surface area contributed by atoms with Crippen molar-refractivity contribution in [2.75, 3.05) is 19.5 Å². The van der Waals surface area contributed by atoms with E-state index in [4.69, 9.17) is 28.6 Å². The first-order valence-corrected chi connectivity index (χ1v) is 16.6. The van der Waals surface area contributed by atoms with Gasteiger partial charge in [-0.3, -0.25) is 13.4 Å². The number of aromatic nitrogens is 2. The summed E-state index contributed by atoms with van der Waals surface area (Å²) in [6, 6.07) is 1.51. The van der Waals surface area contributed by atoms with Gasteiger partial charge in [-0.05, 0) is 25.8 Å². The van der Waals surface area contributed by atoms with Crippen molar-refractivity contribution in [3.63, 3.8) is 0 Å². The Kier molecular flexibility index (Phi) is 20.2. The van der Waals surface area contributed by atoms with Gasteiger partial charge in [-0.2, -0.15) is 4.98 Å². The van der Waals surface area contributed by atoms with E-state index in [0.717, 1.165) is 19.3 Å². The van der Waals surface area contributed by atoms with Gasteiger partial charge in [0.15, 0.2) is 0 Å². The minimum Gasteiger partial charge on any atom is -0.383 e. The van der Waals surface area contributed by atoms with Gasteiger partial charge < -0.3 is 15.2 Å². The van der Waals surface area contributed by atoms with Gasteiger partial charge in [-0.25, -0.2) is 13.9 Å². The average molecular weight is 594 g/mol. The highest BCUT2D eigenvalue weighted by Gasteiger charge is 2.32. The van der Waals surface area contributed by atoms with Gasteiger partial charge in [-0.1, -0.05) is 97.3 Å². The minimum absolute atomic E-state index is 0.115. The average Bonchev–Trinajstić information content (AvgIpc) is 2.92. The molecule has 0 bridgehead atoms. The number of phosphoric acid groups is 1. The molecule has 12 heteroatoms. The molecule has 0 saturated heterocycles. The zero-order chi connectivity index (χ0) is 28.9. The van der Waals surface area contributed by atoms with E-state index in [2.05, 4.69) is 11.9 Å². The summed E-state index contributed by atoms with van der Waals surface area (Å²) in [4.78, 5) is 16.3. The van der Waals surface area contributed by atoms with Crippen molar-refractivity contribution < 1.29 is 27.4 Å². The lowest BCUT2D eigenvalue weighted by Crippen LogP contribution is -2.36. The third kappa shape index (κ3) is 15.6. The lowest BCUT2D eigenvalue weighted by Gasteiger charge is -2.30. The molecule has 0 spiro atoms. The molecule has 0 aliphatic carbocycles. The van der Waals surface area contributed by atoms with Crippen molar-refractivity contribution in [1.29, 1.82) is 0 Å². The van der Waals surface area contributed by atoms with Crippen LogP contribution in [0, 0.1) is 0 Å². The van der Waals surface area contributed by atoms with Gasteiger partial charge in [0.05, 0.1) is 18.8 Å². The smallest absolute Gasteiger partial charge is 0.383 e. The second kappa shape index (κ2) is 21.8. The van der Waals surface area contributed by atoms with Crippen molar-refractivity contribution >= 4 is 23.1 Å². The van der Waals surface area contributed by atoms with Crippen LogP contribution in [0.3, 0.4) is 0 Å². The van der Waals surface area contributed by atoms with E-state index in [0.29, 0.717) is 13.0 Å². The summed E-state index contributed by atoms with van der Waals surface area (Å²) in [6.07, 6.45) is 17.5. The molecule has 1 heterocycles. The summed E-state index contributed by atoms with van der Waals surface area (Å²) in [5.41, 5.74) is 5.07. The Balaban J connectivity index is 2.46. The van der Waals surface area contributed by atoms with E-state index in [9.17, 15) is 9.36 Å². The van der Waals surface area contributed by atoms with E-state index in [-0.39, 0.29) is 5.82 Å². The van der Waals surface area contributed by atoms with Crippen LogP contribution in [0.5, 0.6) is 0 Å². The molecule has 0 saturated carbocycles. The molecule has 0 aromatic carbocycles. The summed E-state index contributed by atoms with van der Waals surface area (Å²) in [5, 5.41) is 0. The maximum Gasteiger partial charge on any atom is 0.477 e. The van der Waals surface area contributed by atoms with Gasteiger partial charge in [0.25, 0.3) is 0 Å². The maximum absolute atomic E-state index is 12.5. The number of unbranched alkanes of at least 4 members (excludes halogenated alkanes) is 13. The monoisotopic (exact) mass is 593 g/mol.